The van der Waals surface area contributed by atoms with Crippen LogP contribution in [0.1, 0.15) is 12.8 Å². The molecule has 6 nitrogen and oxygen atoms in total. The number of hydrogen-bond donors (Lipinski definition) is 2. The molecule has 3 rings (SSSR count). The van der Waals surface area contributed by atoms with Crippen molar-refractivity contribution in [2.45, 2.75) is 18.9 Å². The second-order valence-corrected chi connectivity index (χ2v) is 6.14. The quantitative estimate of drug-likeness (QED) is 0.873. The second kappa shape index (κ2) is 7.02. The molecule has 0 aromatic heterocycles. The van der Waals surface area contributed by atoms with Crippen molar-refractivity contribution in [2.24, 2.45) is 10.7 Å². The van der Waals surface area contributed by atoms with Gasteiger partial charge in [-0.1, -0.05) is 11.6 Å². The number of urea groups is 1. The highest BCUT2D eigenvalue weighted by atomic mass is 35.5. The summed E-state index contributed by atoms with van der Waals surface area (Å²) < 4.78 is 0. The first-order valence-electron chi connectivity index (χ1n) is 7.68. The molecule has 0 atom stereocenters. The van der Waals surface area contributed by atoms with Gasteiger partial charge in [-0.05, 0) is 37.1 Å². The third kappa shape index (κ3) is 3.83. The summed E-state index contributed by atoms with van der Waals surface area (Å²) in [6.07, 6.45) is 6.99. The predicted molar refractivity (Wildman–Crippen MR) is 94.2 cm³/mol. The molecule has 3 N–H and O–H groups in total. The number of aliphatic imine (C=N–C) groups is 1. The van der Waals surface area contributed by atoms with Crippen molar-refractivity contribution in [1.29, 1.82) is 0 Å². The Bertz CT molecular complexity index is 637. The van der Waals surface area contributed by atoms with Gasteiger partial charge in [0.1, 0.15) is 6.67 Å². The molecule has 7 heteroatoms. The normalized spacial score (nSPS) is 18.3. The molecule has 1 saturated heterocycles. The molecule has 1 fully saturated rings. The summed E-state index contributed by atoms with van der Waals surface area (Å²) in [7, 11) is 0. The number of nitrogens with two attached hydrogens (primary N) is 1. The van der Waals surface area contributed by atoms with Crippen molar-refractivity contribution < 1.29 is 4.79 Å². The average molecular weight is 334 g/mol. The van der Waals surface area contributed by atoms with Crippen molar-refractivity contribution in [2.75, 3.05) is 30.0 Å². The molecule has 0 radical (unpaired) electrons. The van der Waals surface area contributed by atoms with E-state index in [0.29, 0.717) is 17.4 Å². The van der Waals surface area contributed by atoms with E-state index in [1.165, 1.54) is 4.90 Å². The Hall–Kier alpha value is -2.05. The van der Waals surface area contributed by atoms with Crippen LogP contribution in [0.15, 0.2) is 35.5 Å². The third-order valence-corrected chi connectivity index (χ3v) is 4.27. The molecule has 0 aliphatic carbocycles. The van der Waals surface area contributed by atoms with Gasteiger partial charge in [-0.2, -0.15) is 0 Å². The molecule has 2 heterocycles. The fraction of sp³-hybridized carbons (Fsp3) is 0.375. The summed E-state index contributed by atoms with van der Waals surface area (Å²) in [5.41, 5.74) is 7.65. The molecule has 2 aliphatic heterocycles. The number of nitrogens with zero attached hydrogens (tertiary/aromatic N) is 3. The van der Waals surface area contributed by atoms with E-state index in [-0.39, 0.29) is 12.1 Å². The van der Waals surface area contributed by atoms with Gasteiger partial charge in [0, 0.05) is 36.6 Å². The van der Waals surface area contributed by atoms with E-state index in [0.717, 1.165) is 31.6 Å². The predicted octanol–water partition coefficient (Wildman–Crippen LogP) is 2.66. The molecule has 0 saturated carbocycles. The Balaban J connectivity index is 1.77. The number of carbonyl (C=O) groups is 1. The van der Waals surface area contributed by atoms with Gasteiger partial charge < -0.3 is 16.0 Å². The van der Waals surface area contributed by atoms with Gasteiger partial charge in [0.2, 0.25) is 0 Å². The first-order valence-corrected chi connectivity index (χ1v) is 8.05. The lowest BCUT2D eigenvalue weighted by atomic mass is 10.1. The Kier molecular flexibility index (Phi) is 4.83. The van der Waals surface area contributed by atoms with E-state index in [1.54, 1.807) is 24.6 Å². The van der Waals surface area contributed by atoms with Crippen molar-refractivity contribution in [1.82, 2.24) is 4.90 Å². The van der Waals surface area contributed by atoms with Gasteiger partial charge >= 0.3 is 6.03 Å². The third-order valence-electron chi connectivity index (χ3n) is 4.03. The van der Waals surface area contributed by atoms with Gasteiger partial charge in [0.05, 0.1) is 11.4 Å². The molecule has 122 valence electrons. The van der Waals surface area contributed by atoms with Crippen LogP contribution in [-0.4, -0.2) is 42.9 Å². The minimum absolute atomic E-state index is 0.227. The highest BCUT2D eigenvalue weighted by Crippen LogP contribution is 2.31. The lowest BCUT2D eigenvalue weighted by molar-refractivity contribution is 0.229. The van der Waals surface area contributed by atoms with Crippen LogP contribution in [0.3, 0.4) is 0 Å². The van der Waals surface area contributed by atoms with E-state index >= 15 is 0 Å². The van der Waals surface area contributed by atoms with Crippen LogP contribution in [0.25, 0.3) is 0 Å². The number of rotatable bonds is 2. The summed E-state index contributed by atoms with van der Waals surface area (Å²) in [4.78, 5) is 20.2. The van der Waals surface area contributed by atoms with Crippen LogP contribution in [-0.2, 0) is 0 Å². The summed E-state index contributed by atoms with van der Waals surface area (Å²) in [6, 6.07) is 5.59. The lowest BCUT2D eigenvalue weighted by Crippen LogP contribution is -2.40. The van der Waals surface area contributed by atoms with Gasteiger partial charge in [0.15, 0.2) is 0 Å². The fourth-order valence-corrected chi connectivity index (χ4v) is 2.90. The van der Waals surface area contributed by atoms with Crippen molar-refractivity contribution in [3.63, 3.8) is 0 Å². The number of piperidine rings is 1. The number of hydrogen-bond acceptors (Lipinski definition) is 4. The molecular formula is C16H20ClN5O. The monoisotopic (exact) mass is 333 g/mol. The number of carbonyl (C=O) groups excluding carboxylic acids is 1. The molecule has 0 unspecified atom stereocenters. The number of benzene rings is 1. The van der Waals surface area contributed by atoms with E-state index in [9.17, 15) is 4.79 Å². The summed E-state index contributed by atoms with van der Waals surface area (Å²) in [5, 5.41) is 3.52. The molecule has 0 bridgehead atoms. The first-order chi connectivity index (χ1) is 11.1. The van der Waals surface area contributed by atoms with E-state index in [2.05, 4.69) is 15.2 Å². The SMILES string of the molecule is NC1CCN(c2ccc(Cl)cc2NC(=O)N2C=CC=NC2)CC1. The van der Waals surface area contributed by atoms with Crippen LogP contribution in [0.4, 0.5) is 16.2 Å². The summed E-state index contributed by atoms with van der Waals surface area (Å²) in [6.45, 7) is 2.07. The maximum atomic E-state index is 12.4. The largest absolute Gasteiger partial charge is 0.370 e. The van der Waals surface area contributed by atoms with Crippen molar-refractivity contribution >= 4 is 35.2 Å². The number of anilines is 2. The highest BCUT2D eigenvalue weighted by molar-refractivity contribution is 6.31. The van der Waals surface area contributed by atoms with Gasteiger partial charge in [-0.3, -0.25) is 9.89 Å². The van der Waals surface area contributed by atoms with Crippen LogP contribution in [0.5, 0.6) is 0 Å². The number of amides is 2. The van der Waals surface area contributed by atoms with Crippen LogP contribution < -0.4 is 16.0 Å². The molecule has 1 aromatic rings. The first kappa shape index (κ1) is 15.8. The maximum absolute atomic E-state index is 12.4. The Morgan fingerprint density at radius 3 is 2.83 bits per heavy atom. The van der Waals surface area contributed by atoms with E-state index in [1.807, 2.05) is 12.1 Å². The zero-order valence-electron chi connectivity index (χ0n) is 12.8. The van der Waals surface area contributed by atoms with Crippen LogP contribution in [0, 0.1) is 0 Å². The smallest absolute Gasteiger partial charge is 0.327 e. The zero-order valence-corrected chi connectivity index (χ0v) is 13.5. The Morgan fingerprint density at radius 1 is 1.35 bits per heavy atom. The van der Waals surface area contributed by atoms with Gasteiger partial charge in [-0.25, -0.2) is 4.79 Å². The number of halogens is 1. The summed E-state index contributed by atoms with van der Waals surface area (Å²) >= 11 is 6.11. The van der Waals surface area contributed by atoms with E-state index < -0.39 is 0 Å². The van der Waals surface area contributed by atoms with E-state index in [4.69, 9.17) is 17.3 Å². The number of allylic oxidation sites excluding steroid dienone is 1. The van der Waals surface area contributed by atoms with Crippen molar-refractivity contribution in [3.05, 3.63) is 35.5 Å². The number of nitrogens with one attached hydrogen (secondary N) is 1. The van der Waals surface area contributed by atoms with Crippen LogP contribution >= 0.6 is 11.6 Å². The molecule has 2 aliphatic rings. The minimum Gasteiger partial charge on any atom is -0.370 e. The van der Waals surface area contributed by atoms with Gasteiger partial charge in [0.25, 0.3) is 0 Å². The minimum atomic E-state index is -0.227. The molecule has 0 spiro atoms. The maximum Gasteiger partial charge on any atom is 0.327 e. The molecule has 2 amide bonds. The second-order valence-electron chi connectivity index (χ2n) is 5.70. The van der Waals surface area contributed by atoms with Gasteiger partial charge in [-0.15, -0.1) is 0 Å². The molecule has 23 heavy (non-hydrogen) atoms. The Morgan fingerprint density at radius 2 is 2.13 bits per heavy atom. The Labute approximate surface area is 140 Å². The average Bonchev–Trinajstić information content (AvgIpc) is 2.57. The summed E-state index contributed by atoms with van der Waals surface area (Å²) in [5.74, 6) is 0. The molecular weight excluding hydrogens is 314 g/mol. The fourth-order valence-electron chi connectivity index (χ4n) is 2.73. The highest BCUT2D eigenvalue weighted by Gasteiger charge is 2.20. The standard InChI is InChI=1S/C16H20ClN5O/c17-12-2-3-15(21-8-4-13(18)5-9-21)14(10-12)20-16(23)22-7-1-6-19-11-22/h1-3,6-7,10,13H,4-5,8-9,11,18H2,(H,20,23). The molecule has 1 aromatic carbocycles. The van der Waals surface area contributed by atoms with Crippen LogP contribution in [0.2, 0.25) is 5.02 Å². The van der Waals surface area contributed by atoms with Crippen molar-refractivity contribution in [3.8, 4) is 0 Å². The lowest BCUT2D eigenvalue weighted by Gasteiger charge is -2.33. The zero-order chi connectivity index (χ0) is 16.2. The topological polar surface area (TPSA) is 74.0 Å².